The maximum Gasteiger partial charge on any atom is 0.125 e. The lowest BCUT2D eigenvalue weighted by molar-refractivity contribution is 0.532. The van der Waals surface area contributed by atoms with Gasteiger partial charge in [0.05, 0.1) is 0 Å². The van der Waals surface area contributed by atoms with Gasteiger partial charge in [-0.3, -0.25) is 0 Å². The van der Waals surface area contributed by atoms with Crippen LogP contribution in [0.15, 0.2) is 12.1 Å². The third-order valence-electron chi connectivity index (χ3n) is 2.49. The summed E-state index contributed by atoms with van der Waals surface area (Å²) in [5.74, 6) is -0.251. The van der Waals surface area contributed by atoms with E-state index in [1.165, 1.54) is 6.07 Å². The molecule has 1 aliphatic heterocycles. The fourth-order valence-corrected chi connectivity index (χ4v) is 2.10. The molecule has 1 atom stereocenters. The molecule has 0 fully saturated rings. The molecule has 70 valence electrons. The summed E-state index contributed by atoms with van der Waals surface area (Å²) in [4.78, 5) is 0. The SMILES string of the molecule is CC1NCCc2c(Cl)cc(F)cc21. The van der Waals surface area contributed by atoms with Crippen LogP contribution in [-0.2, 0) is 6.42 Å². The van der Waals surface area contributed by atoms with Crippen molar-refractivity contribution >= 4 is 11.6 Å². The van der Waals surface area contributed by atoms with E-state index in [4.69, 9.17) is 11.6 Å². The zero-order valence-electron chi connectivity index (χ0n) is 7.40. The number of hydrogen-bond donors (Lipinski definition) is 1. The van der Waals surface area contributed by atoms with E-state index in [0.717, 1.165) is 24.1 Å². The van der Waals surface area contributed by atoms with Gasteiger partial charge in [-0.2, -0.15) is 0 Å². The Morgan fingerprint density at radius 2 is 2.31 bits per heavy atom. The summed E-state index contributed by atoms with van der Waals surface area (Å²) < 4.78 is 13.0. The Hall–Kier alpha value is -0.600. The summed E-state index contributed by atoms with van der Waals surface area (Å²) in [6, 6.07) is 3.16. The van der Waals surface area contributed by atoms with Gasteiger partial charge in [-0.1, -0.05) is 11.6 Å². The number of fused-ring (bicyclic) bond motifs is 1. The zero-order valence-corrected chi connectivity index (χ0v) is 8.16. The van der Waals surface area contributed by atoms with Crippen LogP contribution in [0.2, 0.25) is 5.02 Å². The number of benzene rings is 1. The van der Waals surface area contributed by atoms with Crippen LogP contribution in [0.4, 0.5) is 4.39 Å². The fourth-order valence-electron chi connectivity index (χ4n) is 1.80. The maximum absolute atomic E-state index is 13.0. The molecule has 2 rings (SSSR count). The van der Waals surface area contributed by atoms with Crippen LogP contribution in [0.3, 0.4) is 0 Å². The third-order valence-corrected chi connectivity index (χ3v) is 2.82. The van der Waals surface area contributed by atoms with E-state index < -0.39 is 0 Å². The van der Waals surface area contributed by atoms with Gasteiger partial charge < -0.3 is 5.32 Å². The molecule has 0 saturated carbocycles. The minimum atomic E-state index is -0.251. The molecule has 1 nitrogen and oxygen atoms in total. The van der Waals surface area contributed by atoms with Crippen LogP contribution in [-0.4, -0.2) is 6.54 Å². The fraction of sp³-hybridized carbons (Fsp3) is 0.400. The summed E-state index contributed by atoms with van der Waals surface area (Å²) >= 11 is 5.94. The van der Waals surface area contributed by atoms with Crippen molar-refractivity contribution in [1.82, 2.24) is 5.32 Å². The summed E-state index contributed by atoms with van der Waals surface area (Å²) in [7, 11) is 0. The van der Waals surface area contributed by atoms with Gasteiger partial charge in [-0.05, 0) is 43.1 Å². The molecule has 1 heterocycles. The third kappa shape index (κ3) is 1.56. The van der Waals surface area contributed by atoms with Gasteiger partial charge in [0.2, 0.25) is 0 Å². The molecule has 0 radical (unpaired) electrons. The second-order valence-electron chi connectivity index (χ2n) is 3.38. The highest BCUT2D eigenvalue weighted by atomic mass is 35.5. The van der Waals surface area contributed by atoms with Crippen LogP contribution in [0.25, 0.3) is 0 Å². The maximum atomic E-state index is 13.0. The Kier molecular flexibility index (Phi) is 2.26. The Morgan fingerprint density at radius 1 is 1.54 bits per heavy atom. The number of halogens is 2. The van der Waals surface area contributed by atoms with E-state index in [1.807, 2.05) is 6.92 Å². The first-order valence-corrected chi connectivity index (χ1v) is 4.77. The molecular formula is C10H11ClFN. The largest absolute Gasteiger partial charge is 0.310 e. The van der Waals surface area contributed by atoms with Crippen molar-refractivity contribution in [3.63, 3.8) is 0 Å². The standard InChI is InChI=1S/C10H11ClFN/c1-6-9-4-7(12)5-10(11)8(9)2-3-13-6/h4-6,13H,2-3H2,1H3. The van der Waals surface area contributed by atoms with E-state index in [2.05, 4.69) is 5.32 Å². The second-order valence-corrected chi connectivity index (χ2v) is 3.79. The highest BCUT2D eigenvalue weighted by Crippen LogP contribution is 2.29. The Morgan fingerprint density at radius 3 is 3.08 bits per heavy atom. The van der Waals surface area contributed by atoms with Gasteiger partial charge in [0, 0.05) is 11.1 Å². The molecule has 0 amide bonds. The van der Waals surface area contributed by atoms with Crippen LogP contribution in [0.1, 0.15) is 24.1 Å². The van der Waals surface area contributed by atoms with Crippen LogP contribution in [0.5, 0.6) is 0 Å². The van der Waals surface area contributed by atoms with Gasteiger partial charge in [0.15, 0.2) is 0 Å². The average molecular weight is 200 g/mol. The monoisotopic (exact) mass is 199 g/mol. The van der Waals surface area contributed by atoms with Crippen molar-refractivity contribution in [2.24, 2.45) is 0 Å². The molecule has 1 N–H and O–H groups in total. The smallest absolute Gasteiger partial charge is 0.125 e. The molecule has 1 aromatic rings. The lowest BCUT2D eigenvalue weighted by Gasteiger charge is -2.24. The molecule has 1 aliphatic rings. The predicted octanol–water partition coefficient (Wildman–Crippen LogP) is 2.69. The zero-order chi connectivity index (χ0) is 9.42. The van der Waals surface area contributed by atoms with Crippen molar-refractivity contribution in [3.05, 3.63) is 34.1 Å². The van der Waals surface area contributed by atoms with Gasteiger partial charge in [-0.15, -0.1) is 0 Å². The second kappa shape index (κ2) is 3.28. The summed E-state index contributed by atoms with van der Waals surface area (Å²) in [5.41, 5.74) is 2.09. The molecule has 0 saturated heterocycles. The number of hydrogen-bond acceptors (Lipinski definition) is 1. The molecule has 3 heteroatoms. The Labute approximate surface area is 81.9 Å². The summed E-state index contributed by atoms with van der Waals surface area (Å²) in [5, 5.41) is 3.83. The topological polar surface area (TPSA) is 12.0 Å². The van der Waals surface area contributed by atoms with Crippen molar-refractivity contribution in [1.29, 1.82) is 0 Å². The van der Waals surface area contributed by atoms with E-state index in [1.54, 1.807) is 6.07 Å². The Balaban J connectivity index is 2.56. The van der Waals surface area contributed by atoms with E-state index in [0.29, 0.717) is 5.02 Å². The van der Waals surface area contributed by atoms with Crippen molar-refractivity contribution in [3.8, 4) is 0 Å². The molecule has 0 aromatic heterocycles. The molecule has 1 aromatic carbocycles. The first kappa shape index (κ1) is 8.97. The van der Waals surface area contributed by atoms with Crippen molar-refractivity contribution < 1.29 is 4.39 Å². The van der Waals surface area contributed by atoms with Gasteiger partial charge >= 0.3 is 0 Å². The lowest BCUT2D eigenvalue weighted by atomic mass is 9.95. The molecule has 0 bridgehead atoms. The summed E-state index contributed by atoms with van der Waals surface area (Å²) in [6.45, 7) is 2.94. The van der Waals surface area contributed by atoms with E-state index in [9.17, 15) is 4.39 Å². The first-order chi connectivity index (χ1) is 6.18. The molecule has 0 spiro atoms. The van der Waals surface area contributed by atoms with Gasteiger partial charge in [-0.25, -0.2) is 4.39 Å². The van der Waals surface area contributed by atoms with E-state index in [-0.39, 0.29) is 11.9 Å². The number of rotatable bonds is 0. The lowest BCUT2D eigenvalue weighted by Crippen LogP contribution is -2.28. The van der Waals surface area contributed by atoms with Crippen molar-refractivity contribution in [2.45, 2.75) is 19.4 Å². The van der Waals surface area contributed by atoms with Gasteiger partial charge in [0.25, 0.3) is 0 Å². The highest BCUT2D eigenvalue weighted by Gasteiger charge is 2.18. The average Bonchev–Trinajstić information content (AvgIpc) is 2.07. The summed E-state index contributed by atoms with van der Waals surface area (Å²) in [6.07, 6.45) is 0.888. The Bertz CT molecular complexity index is 338. The van der Waals surface area contributed by atoms with Crippen LogP contribution < -0.4 is 5.32 Å². The normalized spacial score (nSPS) is 21.3. The molecular weight excluding hydrogens is 189 g/mol. The van der Waals surface area contributed by atoms with Gasteiger partial charge in [0.1, 0.15) is 5.82 Å². The molecule has 0 aliphatic carbocycles. The first-order valence-electron chi connectivity index (χ1n) is 4.39. The minimum absolute atomic E-state index is 0.206. The van der Waals surface area contributed by atoms with Crippen molar-refractivity contribution in [2.75, 3.05) is 6.54 Å². The predicted molar refractivity (Wildman–Crippen MR) is 51.5 cm³/mol. The number of nitrogens with one attached hydrogen (secondary N) is 1. The van der Waals surface area contributed by atoms with Crippen LogP contribution in [0, 0.1) is 5.82 Å². The molecule has 1 unspecified atom stereocenters. The highest BCUT2D eigenvalue weighted by molar-refractivity contribution is 6.31. The molecule has 13 heavy (non-hydrogen) atoms. The quantitative estimate of drug-likeness (QED) is 0.678. The van der Waals surface area contributed by atoms with E-state index >= 15 is 0 Å². The van der Waals surface area contributed by atoms with Crippen LogP contribution >= 0.6 is 11.6 Å². The minimum Gasteiger partial charge on any atom is -0.310 e.